The molecule has 2 amide bonds. The molecule has 110 valence electrons. The molecule has 0 radical (unpaired) electrons. The van der Waals surface area contributed by atoms with Crippen molar-refractivity contribution >= 4 is 17.5 Å². The fourth-order valence-electron chi connectivity index (χ4n) is 1.76. The molecule has 1 aromatic carbocycles. The molecule has 0 aliphatic carbocycles. The van der Waals surface area contributed by atoms with Gasteiger partial charge < -0.3 is 11.1 Å². The summed E-state index contributed by atoms with van der Waals surface area (Å²) >= 11 is 0. The van der Waals surface area contributed by atoms with Gasteiger partial charge in [0.1, 0.15) is 0 Å². The zero-order valence-corrected chi connectivity index (χ0v) is 11.4. The van der Waals surface area contributed by atoms with Gasteiger partial charge in [0.2, 0.25) is 5.91 Å². The third kappa shape index (κ3) is 6.19. The molecule has 0 saturated heterocycles. The molecule has 20 heavy (non-hydrogen) atoms. The first-order valence-electron chi connectivity index (χ1n) is 6.70. The van der Waals surface area contributed by atoms with Crippen LogP contribution in [-0.4, -0.2) is 23.6 Å². The molecule has 0 spiro atoms. The first-order chi connectivity index (χ1) is 9.63. The molecule has 0 saturated carbocycles. The number of anilines is 1. The molecule has 1 aromatic rings. The molecule has 0 bridgehead atoms. The van der Waals surface area contributed by atoms with Crippen LogP contribution in [0.15, 0.2) is 24.3 Å². The lowest BCUT2D eigenvalue weighted by Gasteiger charge is -2.05. The highest BCUT2D eigenvalue weighted by molar-refractivity contribution is 5.94. The maximum atomic E-state index is 11.7. The Labute approximate surface area is 118 Å². The maximum absolute atomic E-state index is 11.7. The van der Waals surface area contributed by atoms with E-state index in [4.69, 9.17) is 10.9 Å². The van der Waals surface area contributed by atoms with Gasteiger partial charge in [-0.3, -0.25) is 14.8 Å². The Bertz CT molecular complexity index is 432. The summed E-state index contributed by atoms with van der Waals surface area (Å²) in [5.41, 5.74) is 8.38. The van der Waals surface area contributed by atoms with Crippen LogP contribution in [-0.2, 0) is 4.79 Å². The maximum Gasteiger partial charge on any atom is 0.251 e. The van der Waals surface area contributed by atoms with Gasteiger partial charge in [0.05, 0.1) is 0 Å². The van der Waals surface area contributed by atoms with Crippen LogP contribution in [0.3, 0.4) is 0 Å². The quantitative estimate of drug-likeness (QED) is 0.250. The number of hydrogen-bond donors (Lipinski definition) is 4. The number of rotatable bonds is 8. The first kappa shape index (κ1) is 16.0. The fourth-order valence-corrected chi connectivity index (χ4v) is 1.76. The van der Waals surface area contributed by atoms with Crippen LogP contribution in [0.5, 0.6) is 0 Å². The van der Waals surface area contributed by atoms with Gasteiger partial charge in [-0.25, -0.2) is 5.48 Å². The second kappa shape index (κ2) is 8.92. The third-order valence-electron chi connectivity index (χ3n) is 2.91. The molecule has 6 nitrogen and oxygen atoms in total. The highest BCUT2D eigenvalue weighted by atomic mass is 16.5. The summed E-state index contributed by atoms with van der Waals surface area (Å²) in [7, 11) is 0. The molecule has 0 unspecified atom stereocenters. The van der Waals surface area contributed by atoms with Crippen molar-refractivity contribution in [2.45, 2.75) is 32.1 Å². The summed E-state index contributed by atoms with van der Waals surface area (Å²) in [5.74, 6) is -0.466. The Morgan fingerprint density at radius 2 is 1.70 bits per heavy atom. The molecular weight excluding hydrogens is 258 g/mol. The van der Waals surface area contributed by atoms with Crippen molar-refractivity contribution < 1.29 is 14.8 Å². The molecule has 0 heterocycles. The number of nitrogen functional groups attached to an aromatic ring is 1. The van der Waals surface area contributed by atoms with E-state index in [2.05, 4.69) is 5.32 Å². The molecule has 5 N–H and O–H groups in total. The summed E-state index contributed by atoms with van der Waals surface area (Å²) < 4.78 is 0. The van der Waals surface area contributed by atoms with Crippen molar-refractivity contribution in [3.8, 4) is 0 Å². The number of carbonyl (C=O) groups is 2. The summed E-state index contributed by atoms with van der Waals surface area (Å²) in [4.78, 5) is 22.5. The minimum atomic E-state index is -0.360. The Morgan fingerprint density at radius 1 is 1.05 bits per heavy atom. The number of hydrogen-bond acceptors (Lipinski definition) is 4. The molecule has 0 atom stereocenters. The largest absolute Gasteiger partial charge is 0.399 e. The van der Waals surface area contributed by atoms with Crippen LogP contribution in [0, 0.1) is 0 Å². The molecule has 0 aromatic heterocycles. The van der Waals surface area contributed by atoms with E-state index >= 15 is 0 Å². The normalized spacial score (nSPS) is 10.1. The number of amides is 2. The highest BCUT2D eigenvalue weighted by Crippen LogP contribution is 2.06. The van der Waals surface area contributed by atoms with Gasteiger partial charge in [-0.2, -0.15) is 0 Å². The summed E-state index contributed by atoms with van der Waals surface area (Å²) in [6.45, 7) is 0.607. The lowest BCUT2D eigenvalue weighted by molar-refractivity contribution is -0.129. The van der Waals surface area contributed by atoms with Crippen molar-refractivity contribution in [2.75, 3.05) is 12.3 Å². The molecule has 6 heteroatoms. The van der Waals surface area contributed by atoms with E-state index in [-0.39, 0.29) is 11.8 Å². The minimum Gasteiger partial charge on any atom is -0.399 e. The Hall–Kier alpha value is -2.08. The van der Waals surface area contributed by atoms with Crippen LogP contribution in [0.4, 0.5) is 5.69 Å². The van der Waals surface area contributed by atoms with Gasteiger partial charge in [0.25, 0.3) is 5.91 Å². The minimum absolute atomic E-state index is 0.107. The lowest BCUT2D eigenvalue weighted by Crippen LogP contribution is -2.24. The number of benzene rings is 1. The molecule has 1 rings (SSSR count). The highest BCUT2D eigenvalue weighted by Gasteiger charge is 2.03. The van der Waals surface area contributed by atoms with Crippen LogP contribution in [0.25, 0.3) is 0 Å². The number of carbonyl (C=O) groups excluding carboxylic acids is 2. The van der Waals surface area contributed by atoms with Crippen molar-refractivity contribution in [1.29, 1.82) is 0 Å². The van der Waals surface area contributed by atoms with Crippen molar-refractivity contribution in [3.63, 3.8) is 0 Å². The summed E-state index contributed by atoms with van der Waals surface area (Å²) in [5, 5.41) is 11.1. The lowest BCUT2D eigenvalue weighted by atomic mass is 10.1. The average Bonchev–Trinajstić information content (AvgIpc) is 2.46. The van der Waals surface area contributed by atoms with E-state index in [0.717, 1.165) is 25.7 Å². The van der Waals surface area contributed by atoms with Crippen LogP contribution < -0.4 is 16.5 Å². The molecular formula is C14H21N3O3. The number of unbranched alkanes of at least 4 members (excludes halogenated alkanes) is 3. The average molecular weight is 279 g/mol. The Morgan fingerprint density at radius 3 is 2.35 bits per heavy atom. The predicted octanol–water partition coefficient (Wildman–Crippen LogP) is 1.45. The van der Waals surface area contributed by atoms with E-state index in [1.54, 1.807) is 29.7 Å². The van der Waals surface area contributed by atoms with E-state index < -0.39 is 0 Å². The van der Waals surface area contributed by atoms with Crippen LogP contribution >= 0.6 is 0 Å². The van der Waals surface area contributed by atoms with E-state index in [1.807, 2.05) is 0 Å². The Kier molecular flexibility index (Phi) is 7.13. The smallest absolute Gasteiger partial charge is 0.251 e. The SMILES string of the molecule is Nc1ccc(C(=O)NCCCCCCC(=O)NO)cc1. The third-order valence-corrected chi connectivity index (χ3v) is 2.91. The fraction of sp³-hybridized carbons (Fsp3) is 0.429. The van der Waals surface area contributed by atoms with Gasteiger partial charge in [-0.15, -0.1) is 0 Å². The number of hydroxylamine groups is 1. The van der Waals surface area contributed by atoms with Gasteiger partial charge in [0, 0.05) is 24.2 Å². The van der Waals surface area contributed by atoms with Gasteiger partial charge in [-0.1, -0.05) is 12.8 Å². The second-order valence-corrected chi connectivity index (χ2v) is 4.58. The van der Waals surface area contributed by atoms with Gasteiger partial charge in [0.15, 0.2) is 0 Å². The standard InChI is InChI=1S/C14H21N3O3/c15-12-8-6-11(7-9-12)14(19)16-10-4-2-1-3-5-13(18)17-20/h6-9,20H,1-5,10,15H2,(H,16,19)(H,17,18). The van der Waals surface area contributed by atoms with E-state index in [9.17, 15) is 9.59 Å². The zero-order valence-electron chi connectivity index (χ0n) is 11.4. The van der Waals surface area contributed by atoms with E-state index in [0.29, 0.717) is 24.2 Å². The molecule has 0 aliphatic heterocycles. The van der Waals surface area contributed by atoms with Crippen molar-refractivity contribution in [1.82, 2.24) is 10.8 Å². The van der Waals surface area contributed by atoms with Crippen molar-refractivity contribution in [3.05, 3.63) is 29.8 Å². The Balaban J connectivity index is 2.08. The second-order valence-electron chi connectivity index (χ2n) is 4.58. The molecule has 0 aliphatic rings. The van der Waals surface area contributed by atoms with Gasteiger partial charge >= 0.3 is 0 Å². The topological polar surface area (TPSA) is 104 Å². The predicted molar refractivity (Wildman–Crippen MR) is 76.2 cm³/mol. The number of nitrogens with one attached hydrogen (secondary N) is 2. The summed E-state index contributed by atoms with van der Waals surface area (Å²) in [6, 6.07) is 6.78. The zero-order chi connectivity index (χ0) is 14.8. The first-order valence-corrected chi connectivity index (χ1v) is 6.70. The number of nitrogens with two attached hydrogens (primary N) is 1. The van der Waals surface area contributed by atoms with Crippen molar-refractivity contribution in [2.24, 2.45) is 0 Å². The van der Waals surface area contributed by atoms with E-state index in [1.165, 1.54) is 0 Å². The summed E-state index contributed by atoms with van der Waals surface area (Å²) in [6.07, 6.45) is 3.75. The molecule has 0 fully saturated rings. The van der Waals surface area contributed by atoms with Crippen LogP contribution in [0.2, 0.25) is 0 Å². The monoisotopic (exact) mass is 279 g/mol. The van der Waals surface area contributed by atoms with Crippen LogP contribution in [0.1, 0.15) is 42.5 Å². The van der Waals surface area contributed by atoms with Gasteiger partial charge in [-0.05, 0) is 37.1 Å².